The second kappa shape index (κ2) is 7.50. The van der Waals surface area contributed by atoms with Gasteiger partial charge in [0, 0.05) is 12.1 Å². The Bertz CT molecular complexity index is 416. The van der Waals surface area contributed by atoms with E-state index < -0.39 is 6.10 Å². The summed E-state index contributed by atoms with van der Waals surface area (Å²) in [6.45, 7) is 1.53. The number of ether oxygens (including phenoxy) is 2. The van der Waals surface area contributed by atoms with E-state index in [0.29, 0.717) is 12.3 Å². The van der Waals surface area contributed by atoms with Crippen molar-refractivity contribution in [1.82, 2.24) is 5.32 Å². The molecule has 2 rings (SSSR count). The van der Waals surface area contributed by atoms with Crippen molar-refractivity contribution < 1.29 is 14.6 Å². The SMILES string of the molecule is COc1ccc(OC)c(C(O)CNCC2CCCC2)c1. The maximum atomic E-state index is 10.3. The largest absolute Gasteiger partial charge is 0.497 e. The minimum absolute atomic E-state index is 0.542. The molecule has 20 heavy (non-hydrogen) atoms. The summed E-state index contributed by atoms with van der Waals surface area (Å²) in [5.74, 6) is 2.20. The van der Waals surface area contributed by atoms with Crippen LogP contribution in [0.2, 0.25) is 0 Å². The van der Waals surface area contributed by atoms with E-state index in [1.165, 1.54) is 25.7 Å². The van der Waals surface area contributed by atoms with Gasteiger partial charge in [-0.05, 0) is 43.5 Å². The van der Waals surface area contributed by atoms with Crippen LogP contribution in [0, 0.1) is 5.92 Å². The summed E-state index contributed by atoms with van der Waals surface area (Å²) in [5.41, 5.74) is 0.769. The minimum Gasteiger partial charge on any atom is -0.497 e. The Labute approximate surface area is 121 Å². The average Bonchev–Trinajstić information content (AvgIpc) is 2.99. The highest BCUT2D eigenvalue weighted by molar-refractivity contribution is 5.41. The Morgan fingerprint density at radius 3 is 2.65 bits per heavy atom. The van der Waals surface area contributed by atoms with Gasteiger partial charge in [-0.2, -0.15) is 0 Å². The predicted octanol–water partition coefficient (Wildman–Crippen LogP) is 2.52. The fourth-order valence-corrected chi connectivity index (χ4v) is 2.85. The molecule has 0 heterocycles. The zero-order valence-corrected chi connectivity index (χ0v) is 12.4. The van der Waals surface area contributed by atoms with Crippen LogP contribution < -0.4 is 14.8 Å². The summed E-state index contributed by atoms with van der Waals surface area (Å²) >= 11 is 0. The Morgan fingerprint density at radius 1 is 1.25 bits per heavy atom. The van der Waals surface area contributed by atoms with Crippen molar-refractivity contribution >= 4 is 0 Å². The van der Waals surface area contributed by atoms with Crippen LogP contribution >= 0.6 is 0 Å². The Balaban J connectivity index is 1.91. The van der Waals surface area contributed by atoms with E-state index in [2.05, 4.69) is 5.32 Å². The maximum Gasteiger partial charge on any atom is 0.124 e. The first-order valence-corrected chi connectivity index (χ1v) is 7.35. The highest BCUT2D eigenvalue weighted by Gasteiger charge is 2.17. The quantitative estimate of drug-likeness (QED) is 0.805. The van der Waals surface area contributed by atoms with Gasteiger partial charge in [-0.15, -0.1) is 0 Å². The molecule has 1 aromatic carbocycles. The number of aliphatic hydroxyl groups excluding tert-OH is 1. The second-order valence-electron chi connectivity index (χ2n) is 5.43. The normalized spacial score (nSPS) is 17.1. The first-order chi connectivity index (χ1) is 9.74. The van der Waals surface area contributed by atoms with Gasteiger partial charge >= 0.3 is 0 Å². The molecule has 0 aromatic heterocycles. The zero-order valence-electron chi connectivity index (χ0n) is 12.4. The smallest absolute Gasteiger partial charge is 0.124 e. The number of benzene rings is 1. The van der Waals surface area contributed by atoms with Gasteiger partial charge in [0.15, 0.2) is 0 Å². The average molecular weight is 279 g/mol. The number of hydrogen-bond donors (Lipinski definition) is 2. The number of aliphatic hydroxyl groups is 1. The maximum absolute atomic E-state index is 10.3. The zero-order chi connectivity index (χ0) is 14.4. The van der Waals surface area contributed by atoms with Crippen molar-refractivity contribution in [2.24, 2.45) is 5.92 Å². The number of hydrogen-bond acceptors (Lipinski definition) is 4. The Morgan fingerprint density at radius 2 is 2.00 bits per heavy atom. The summed E-state index contributed by atoms with van der Waals surface area (Å²) in [4.78, 5) is 0. The third-order valence-corrected chi connectivity index (χ3v) is 4.04. The summed E-state index contributed by atoms with van der Waals surface area (Å²) in [6.07, 6.45) is 4.73. The van der Waals surface area contributed by atoms with Gasteiger partial charge in [0.1, 0.15) is 11.5 Å². The van der Waals surface area contributed by atoms with E-state index >= 15 is 0 Å². The molecule has 0 bridgehead atoms. The Hall–Kier alpha value is -1.26. The van der Waals surface area contributed by atoms with E-state index in [1.54, 1.807) is 14.2 Å². The van der Waals surface area contributed by atoms with Gasteiger partial charge in [-0.3, -0.25) is 0 Å². The monoisotopic (exact) mass is 279 g/mol. The van der Waals surface area contributed by atoms with Crippen LogP contribution in [0.5, 0.6) is 11.5 Å². The molecule has 1 aliphatic rings. The van der Waals surface area contributed by atoms with Crippen LogP contribution in [0.25, 0.3) is 0 Å². The summed E-state index contributed by atoms with van der Waals surface area (Å²) < 4.78 is 10.5. The molecule has 0 amide bonds. The highest BCUT2D eigenvalue weighted by Crippen LogP contribution is 2.29. The third kappa shape index (κ3) is 3.87. The summed E-state index contributed by atoms with van der Waals surface area (Å²) in [7, 11) is 3.24. The third-order valence-electron chi connectivity index (χ3n) is 4.04. The van der Waals surface area contributed by atoms with Crippen LogP contribution in [0.3, 0.4) is 0 Å². The molecule has 1 fully saturated rings. The van der Waals surface area contributed by atoms with Crippen LogP contribution in [-0.4, -0.2) is 32.4 Å². The van der Waals surface area contributed by atoms with Crippen LogP contribution in [0.4, 0.5) is 0 Å². The van der Waals surface area contributed by atoms with Gasteiger partial charge in [-0.25, -0.2) is 0 Å². The van der Waals surface area contributed by atoms with Crippen LogP contribution in [0.1, 0.15) is 37.4 Å². The van der Waals surface area contributed by atoms with E-state index in [1.807, 2.05) is 18.2 Å². The fraction of sp³-hybridized carbons (Fsp3) is 0.625. The van der Waals surface area contributed by atoms with E-state index in [9.17, 15) is 5.11 Å². The van der Waals surface area contributed by atoms with Crippen molar-refractivity contribution in [2.75, 3.05) is 27.3 Å². The summed E-state index contributed by atoms with van der Waals surface area (Å²) in [6, 6.07) is 5.50. The second-order valence-corrected chi connectivity index (χ2v) is 5.43. The van der Waals surface area contributed by atoms with Gasteiger partial charge in [0.25, 0.3) is 0 Å². The predicted molar refractivity (Wildman–Crippen MR) is 79.3 cm³/mol. The molecule has 1 aliphatic carbocycles. The van der Waals surface area contributed by atoms with Crippen molar-refractivity contribution in [2.45, 2.75) is 31.8 Å². The summed E-state index contributed by atoms with van der Waals surface area (Å²) in [5, 5.41) is 13.7. The van der Waals surface area contributed by atoms with Gasteiger partial charge < -0.3 is 19.9 Å². The molecule has 112 valence electrons. The molecule has 2 N–H and O–H groups in total. The standard InChI is InChI=1S/C16H25NO3/c1-19-13-7-8-16(20-2)14(9-13)15(18)11-17-10-12-5-3-4-6-12/h7-9,12,15,17-18H,3-6,10-11H2,1-2H3. The topological polar surface area (TPSA) is 50.7 Å². The van der Waals surface area contributed by atoms with Crippen molar-refractivity contribution in [3.05, 3.63) is 23.8 Å². The van der Waals surface area contributed by atoms with Crippen molar-refractivity contribution in [3.63, 3.8) is 0 Å². The molecule has 1 unspecified atom stereocenters. The number of rotatable bonds is 7. The molecule has 0 spiro atoms. The van der Waals surface area contributed by atoms with E-state index in [4.69, 9.17) is 9.47 Å². The molecule has 1 atom stereocenters. The van der Waals surface area contributed by atoms with Crippen molar-refractivity contribution in [3.8, 4) is 11.5 Å². The van der Waals surface area contributed by atoms with E-state index in [0.717, 1.165) is 23.8 Å². The molecule has 0 radical (unpaired) electrons. The van der Waals surface area contributed by atoms with Gasteiger partial charge in [0.2, 0.25) is 0 Å². The lowest BCUT2D eigenvalue weighted by Crippen LogP contribution is -2.26. The minimum atomic E-state index is -0.582. The molecule has 0 aliphatic heterocycles. The Kier molecular flexibility index (Phi) is 5.68. The lowest BCUT2D eigenvalue weighted by atomic mass is 10.1. The molecular formula is C16H25NO3. The first kappa shape index (κ1) is 15.1. The molecule has 0 saturated heterocycles. The lowest BCUT2D eigenvalue weighted by Gasteiger charge is -2.18. The fourth-order valence-electron chi connectivity index (χ4n) is 2.85. The van der Waals surface area contributed by atoms with E-state index in [-0.39, 0.29) is 0 Å². The number of methoxy groups -OCH3 is 2. The van der Waals surface area contributed by atoms with Crippen molar-refractivity contribution in [1.29, 1.82) is 0 Å². The highest BCUT2D eigenvalue weighted by atomic mass is 16.5. The van der Waals surface area contributed by atoms with Crippen LogP contribution in [-0.2, 0) is 0 Å². The van der Waals surface area contributed by atoms with Gasteiger partial charge in [-0.1, -0.05) is 12.8 Å². The van der Waals surface area contributed by atoms with Gasteiger partial charge in [0.05, 0.1) is 20.3 Å². The molecule has 4 nitrogen and oxygen atoms in total. The lowest BCUT2D eigenvalue weighted by molar-refractivity contribution is 0.168. The molecule has 1 saturated carbocycles. The molecular weight excluding hydrogens is 254 g/mol. The first-order valence-electron chi connectivity index (χ1n) is 7.35. The molecule has 4 heteroatoms. The number of nitrogens with one attached hydrogen (secondary N) is 1. The van der Waals surface area contributed by atoms with Crippen LogP contribution in [0.15, 0.2) is 18.2 Å². The molecule has 1 aromatic rings.